The van der Waals surface area contributed by atoms with E-state index in [-0.39, 0.29) is 5.56 Å². The molecular weight excluding hydrogens is 318 g/mol. The molecule has 0 fully saturated rings. The number of nitrogens with one attached hydrogen (secondary N) is 1. The van der Waals surface area contributed by atoms with Crippen LogP contribution < -0.4 is 11.1 Å². The van der Waals surface area contributed by atoms with E-state index in [1.807, 2.05) is 0 Å². The number of nitrogens with two attached hydrogens (primary N) is 1. The zero-order chi connectivity index (χ0) is 17.0. The number of benzene rings is 1. The van der Waals surface area contributed by atoms with Crippen LogP contribution in [0.4, 0.5) is 11.5 Å². The van der Waals surface area contributed by atoms with Crippen molar-refractivity contribution in [3.05, 3.63) is 52.7 Å². The van der Waals surface area contributed by atoms with Crippen LogP contribution in [0.1, 0.15) is 22.8 Å². The first kappa shape index (κ1) is 16.8. The van der Waals surface area contributed by atoms with Crippen LogP contribution in [0, 0.1) is 6.92 Å². The summed E-state index contributed by atoms with van der Waals surface area (Å²) in [5.74, 6) is -0.838. The Morgan fingerprint density at radius 3 is 2.70 bits per heavy atom. The fourth-order valence-corrected chi connectivity index (χ4v) is 1.93. The van der Waals surface area contributed by atoms with Crippen molar-refractivity contribution in [2.45, 2.75) is 20.0 Å². The summed E-state index contributed by atoms with van der Waals surface area (Å²) in [4.78, 5) is 28.1. The maximum Gasteiger partial charge on any atom is 0.341 e. The molecule has 0 saturated heterocycles. The molecular formula is C16H16ClN3O3. The van der Waals surface area contributed by atoms with Gasteiger partial charge in [0, 0.05) is 11.9 Å². The first-order valence-electron chi connectivity index (χ1n) is 6.87. The summed E-state index contributed by atoms with van der Waals surface area (Å²) >= 11 is 5.72. The van der Waals surface area contributed by atoms with Crippen molar-refractivity contribution in [2.75, 3.05) is 11.1 Å². The second-order valence-electron chi connectivity index (χ2n) is 4.93. The van der Waals surface area contributed by atoms with Crippen LogP contribution in [0.25, 0.3) is 0 Å². The third-order valence-electron chi connectivity index (χ3n) is 3.18. The van der Waals surface area contributed by atoms with Gasteiger partial charge in [0.15, 0.2) is 6.10 Å². The zero-order valence-electron chi connectivity index (χ0n) is 12.7. The molecule has 0 aliphatic heterocycles. The van der Waals surface area contributed by atoms with Crippen molar-refractivity contribution >= 4 is 35.0 Å². The average molecular weight is 334 g/mol. The number of aromatic nitrogens is 1. The molecule has 1 aromatic heterocycles. The Labute approximate surface area is 138 Å². The van der Waals surface area contributed by atoms with Crippen LogP contribution >= 0.6 is 11.6 Å². The minimum atomic E-state index is -1.00. The van der Waals surface area contributed by atoms with Crippen molar-refractivity contribution in [3.8, 4) is 0 Å². The highest BCUT2D eigenvalue weighted by atomic mass is 35.5. The Kier molecular flexibility index (Phi) is 5.18. The van der Waals surface area contributed by atoms with E-state index in [4.69, 9.17) is 22.1 Å². The number of nitrogen functional groups attached to an aromatic ring is 1. The van der Waals surface area contributed by atoms with Gasteiger partial charge in [-0.2, -0.15) is 0 Å². The molecule has 0 unspecified atom stereocenters. The number of carbonyl (C=O) groups is 2. The van der Waals surface area contributed by atoms with Gasteiger partial charge in [-0.25, -0.2) is 9.78 Å². The van der Waals surface area contributed by atoms with Crippen LogP contribution in [0.15, 0.2) is 36.5 Å². The summed E-state index contributed by atoms with van der Waals surface area (Å²) in [6.07, 6.45) is 0.404. The normalized spacial score (nSPS) is 11.6. The monoisotopic (exact) mass is 333 g/mol. The number of rotatable bonds is 4. The zero-order valence-corrected chi connectivity index (χ0v) is 13.4. The Hall–Kier alpha value is -2.60. The third-order valence-corrected chi connectivity index (χ3v) is 3.40. The first-order chi connectivity index (χ1) is 10.9. The summed E-state index contributed by atoms with van der Waals surface area (Å²) < 4.78 is 5.15. The fourth-order valence-electron chi connectivity index (χ4n) is 1.81. The number of hydrogen-bond donors (Lipinski definition) is 2. The number of aryl methyl sites for hydroxylation is 1. The van der Waals surface area contributed by atoms with Crippen LogP contribution in [0.2, 0.25) is 5.02 Å². The lowest BCUT2D eigenvalue weighted by atomic mass is 10.1. The topological polar surface area (TPSA) is 94.3 Å². The van der Waals surface area contributed by atoms with Gasteiger partial charge in [0.1, 0.15) is 5.82 Å². The van der Waals surface area contributed by atoms with E-state index in [0.717, 1.165) is 5.56 Å². The Morgan fingerprint density at radius 2 is 2.04 bits per heavy atom. The lowest BCUT2D eigenvalue weighted by molar-refractivity contribution is -0.123. The van der Waals surface area contributed by atoms with Crippen molar-refractivity contribution in [1.82, 2.24) is 4.98 Å². The van der Waals surface area contributed by atoms with Gasteiger partial charge in [-0.3, -0.25) is 4.79 Å². The largest absolute Gasteiger partial charge is 0.449 e. The molecule has 6 nitrogen and oxygen atoms in total. The average Bonchev–Trinajstić information content (AvgIpc) is 2.52. The van der Waals surface area contributed by atoms with E-state index in [0.29, 0.717) is 16.5 Å². The van der Waals surface area contributed by atoms with Gasteiger partial charge < -0.3 is 15.8 Å². The summed E-state index contributed by atoms with van der Waals surface area (Å²) in [5, 5.41) is 2.99. The fraction of sp³-hybridized carbons (Fsp3) is 0.188. The second-order valence-corrected chi connectivity index (χ2v) is 5.37. The van der Waals surface area contributed by atoms with Crippen molar-refractivity contribution in [3.63, 3.8) is 0 Å². The van der Waals surface area contributed by atoms with E-state index in [2.05, 4.69) is 10.3 Å². The van der Waals surface area contributed by atoms with Crippen LogP contribution in [0.5, 0.6) is 0 Å². The molecule has 0 saturated carbocycles. The number of anilines is 2. The van der Waals surface area contributed by atoms with Gasteiger partial charge in [-0.05, 0) is 37.6 Å². The van der Waals surface area contributed by atoms with Gasteiger partial charge in [-0.1, -0.05) is 23.7 Å². The molecule has 23 heavy (non-hydrogen) atoms. The van der Waals surface area contributed by atoms with E-state index < -0.39 is 18.0 Å². The lowest BCUT2D eigenvalue weighted by Gasteiger charge is -2.14. The predicted molar refractivity (Wildman–Crippen MR) is 88.3 cm³/mol. The number of halogens is 1. The van der Waals surface area contributed by atoms with Gasteiger partial charge in [0.05, 0.1) is 10.6 Å². The smallest absolute Gasteiger partial charge is 0.341 e. The maximum absolute atomic E-state index is 12.1. The third kappa shape index (κ3) is 4.20. The molecule has 7 heteroatoms. The van der Waals surface area contributed by atoms with Gasteiger partial charge in [0.2, 0.25) is 0 Å². The highest BCUT2D eigenvalue weighted by Gasteiger charge is 2.21. The summed E-state index contributed by atoms with van der Waals surface area (Å²) in [6, 6.07) is 8.18. The number of carbonyl (C=O) groups excluding carboxylic acids is 2. The summed E-state index contributed by atoms with van der Waals surface area (Å²) in [5.41, 5.74) is 7.18. The maximum atomic E-state index is 12.1. The molecule has 2 aromatic rings. The SMILES string of the molecule is Cc1cccc(C(=O)O[C@@H](C)C(=O)Nc2ccc(Cl)cn2)c1N. The van der Waals surface area contributed by atoms with E-state index >= 15 is 0 Å². The summed E-state index contributed by atoms with van der Waals surface area (Å²) in [6.45, 7) is 3.25. The van der Waals surface area contributed by atoms with E-state index in [9.17, 15) is 9.59 Å². The number of nitrogens with zero attached hydrogens (tertiary/aromatic N) is 1. The van der Waals surface area contributed by atoms with Crippen molar-refractivity contribution in [1.29, 1.82) is 0 Å². The second kappa shape index (κ2) is 7.11. The van der Waals surface area contributed by atoms with Gasteiger partial charge in [0.25, 0.3) is 5.91 Å². The molecule has 1 atom stereocenters. The highest BCUT2D eigenvalue weighted by molar-refractivity contribution is 6.30. The van der Waals surface area contributed by atoms with Crippen LogP contribution in [0.3, 0.4) is 0 Å². The lowest BCUT2D eigenvalue weighted by Crippen LogP contribution is -2.30. The molecule has 3 N–H and O–H groups in total. The van der Waals surface area contributed by atoms with E-state index in [1.54, 1.807) is 37.3 Å². The predicted octanol–water partition coefficient (Wildman–Crippen LogP) is 2.81. The molecule has 1 amide bonds. The molecule has 0 aliphatic carbocycles. The molecule has 0 radical (unpaired) electrons. The minimum Gasteiger partial charge on any atom is -0.449 e. The Balaban J connectivity index is 2.01. The number of esters is 1. The van der Waals surface area contributed by atoms with E-state index in [1.165, 1.54) is 13.1 Å². The number of amides is 1. The Bertz CT molecular complexity index is 732. The molecule has 1 heterocycles. The molecule has 0 spiro atoms. The molecule has 0 aliphatic rings. The quantitative estimate of drug-likeness (QED) is 0.662. The molecule has 1 aromatic carbocycles. The van der Waals surface area contributed by atoms with Crippen LogP contribution in [-0.4, -0.2) is 23.0 Å². The number of hydrogen-bond acceptors (Lipinski definition) is 5. The van der Waals surface area contributed by atoms with Crippen molar-refractivity contribution < 1.29 is 14.3 Å². The minimum absolute atomic E-state index is 0.231. The van der Waals surface area contributed by atoms with Crippen molar-refractivity contribution in [2.24, 2.45) is 0 Å². The van der Waals surface area contributed by atoms with Gasteiger partial charge >= 0.3 is 5.97 Å². The van der Waals surface area contributed by atoms with Gasteiger partial charge in [-0.15, -0.1) is 0 Å². The number of ether oxygens (including phenoxy) is 1. The molecule has 120 valence electrons. The first-order valence-corrected chi connectivity index (χ1v) is 7.24. The molecule has 0 bridgehead atoms. The molecule has 2 rings (SSSR count). The Morgan fingerprint density at radius 1 is 1.30 bits per heavy atom. The number of pyridine rings is 1. The standard InChI is InChI=1S/C16H16ClN3O3/c1-9-4-3-5-12(14(9)18)16(22)23-10(2)15(21)20-13-7-6-11(17)8-19-13/h3-8,10H,18H2,1-2H3,(H,19,20,21)/t10-/m0/s1. The highest BCUT2D eigenvalue weighted by Crippen LogP contribution is 2.18. The number of para-hydroxylation sites is 1. The summed E-state index contributed by atoms with van der Waals surface area (Å²) in [7, 11) is 0. The van der Waals surface area contributed by atoms with Crippen LogP contribution in [-0.2, 0) is 9.53 Å².